The molecule has 0 aromatic rings. The molecule has 1 N–H and O–H groups in total. The molecule has 0 saturated heterocycles. The second-order valence-electron chi connectivity index (χ2n) is 5.85. The minimum Gasteiger partial charge on any atom is -0.393 e. The fraction of sp³-hybridized carbons (Fsp3) is 0.857. The second kappa shape index (κ2) is 4.69. The highest BCUT2D eigenvalue weighted by atomic mass is 16.3. The van der Waals surface area contributed by atoms with Crippen LogP contribution >= 0.6 is 0 Å². The average molecular weight is 210 g/mol. The van der Waals surface area contributed by atoms with Gasteiger partial charge in [-0.05, 0) is 50.4 Å². The zero-order chi connectivity index (χ0) is 11.6. The Balaban J connectivity index is 2.52. The number of hydrogen-bond acceptors (Lipinski definition) is 1. The first-order valence-corrected chi connectivity index (χ1v) is 6.21. The molecule has 0 fully saturated rings. The van der Waals surface area contributed by atoms with E-state index in [-0.39, 0.29) is 6.10 Å². The van der Waals surface area contributed by atoms with Gasteiger partial charge in [-0.2, -0.15) is 0 Å². The van der Waals surface area contributed by atoms with Gasteiger partial charge < -0.3 is 5.11 Å². The van der Waals surface area contributed by atoms with Crippen molar-refractivity contribution in [1.82, 2.24) is 0 Å². The molecule has 1 nitrogen and oxygen atoms in total. The van der Waals surface area contributed by atoms with E-state index < -0.39 is 0 Å². The van der Waals surface area contributed by atoms with Crippen LogP contribution in [0.3, 0.4) is 0 Å². The summed E-state index contributed by atoms with van der Waals surface area (Å²) in [6, 6.07) is 0. The van der Waals surface area contributed by atoms with Gasteiger partial charge in [0.2, 0.25) is 0 Å². The van der Waals surface area contributed by atoms with Gasteiger partial charge in [-0.25, -0.2) is 0 Å². The van der Waals surface area contributed by atoms with E-state index >= 15 is 0 Å². The summed E-state index contributed by atoms with van der Waals surface area (Å²) in [4.78, 5) is 0. The first-order valence-electron chi connectivity index (χ1n) is 6.21. The minimum absolute atomic E-state index is 0.147. The lowest BCUT2D eigenvalue weighted by atomic mass is 9.70. The molecule has 1 heteroatoms. The summed E-state index contributed by atoms with van der Waals surface area (Å²) in [7, 11) is 0. The van der Waals surface area contributed by atoms with E-state index in [0.717, 1.165) is 18.8 Å². The van der Waals surface area contributed by atoms with Crippen LogP contribution in [-0.4, -0.2) is 11.2 Å². The lowest BCUT2D eigenvalue weighted by Gasteiger charge is -2.34. The average Bonchev–Trinajstić information content (AvgIpc) is 2.38. The van der Waals surface area contributed by atoms with Crippen molar-refractivity contribution in [3.8, 4) is 0 Å². The monoisotopic (exact) mass is 210 g/mol. The Kier molecular flexibility index (Phi) is 3.99. The van der Waals surface area contributed by atoms with Crippen molar-refractivity contribution in [2.45, 2.75) is 60.0 Å². The maximum Gasteiger partial charge on any atom is 0.0512 e. The van der Waals surface area contributed by atoms with Crippen LogP contribution < -0.4 is 0 Å². The Hall–Kier alpha value is -0.300. The maximum atomic E-state index is 9.31. The molecular formula is C14H26O. The van der Waals surface area contributed by atoms with Gasteiger partial charge in [0.15, 0.2) is 0 Å². The van der Waals surface area contributed by atoms with Gasteiger partial charge in [0.05, 0.1) is 6.10 Å². The van der Waals surface area contributed by atoms with Crippen molar-refractivity contribution in [3.63, 3.8) is 0 Å². The van der Waals surface area contributed by atoms with Gasteiger partial charge in [-0.3, -0.25) is 0 Å². The molecule has 15 heavy (non-hydrogen) atoms. The summed E-state index contributed by atoms with van der Waals surface area (Å²) in [5.41, 5.74) is 1.90. The molecule has 0 aliphatic heterocycles. The van der Waals surface area contributed by atoms with Crippen molar-refractivity contribution in [3.05, 3.63) is 11.6 Å². The molecule has 3 atom stereocenters. The van der Waals surface area contributed by atoms with E-state index in [1.807, 2.05) is 6.92 Å². The Morgan fingerprint density at radius 1 is 1.40 bits per heavy atom. The molecule has 0 aromatic carbocycles. The van der Waals surface area contributed by atoms with Crippen molar-refractivity contribution >= 4 is 0 Å². The van der Waals surface area contributed by atoms with E-state index in [1.54, 1.807) is 0 Å². The molecule has 1 aliphatic carbocycles. The molecule has 0 bridgehead atoms. The van der Waals surface area contributed by atoms with Crippen LogP contribution in [0.15, 0.2) is 11.6 Å². The topological polar surface area (TPSA) is 20.2 Å². The molecule has 0 spiro atoms. The van der Waals surface area contributed by atoms with E-state index in [1.165, 1.54) is 12.0 Å². The lowest BCUT2D eigenvalue weighted by Crippen LogP contribution is -2.26. The summed E-state index contributed by atoms with van der Waals surface area (Å²) < 4.78 is 0. The highest BCUT2D eigenvalue weighted by molar-refractivity contribution is 5.18. The third kappa shape index (κ3) is 2.84. The normalized spacial score (nSPS) is 28.7. The fourth-order valence-electron chi connectivity index (χ4n) is 2.80. The summed E-state index contributed by atoms with van der Waals surface area (Å²) >= 11 is 0. The van der Waals surface area contributed by atoms with Crippen molar-refractivity contribution in [1.29, 1.82) is 0 Å². The van der Waals surface area contributed by atoms with Gasteiger partial charge in [0.1, 0.15) is 0 Å². The molecule has 3 unspecified atom stereocenters. The van der Waals surface area contributed by atoms with Crippen LogP contribution in [0, 0.1) is 17.3 Å². The Morgan fingerprint density at radius 2 is 2.00 bits per heavy atom. The predicted octanol–water partition coefficient (Wildman–Crippen LogP) is 3.78. The molecule has 88 valence electrons. The van der Waals surface area contributed by atoms with Gasteiger partial charge in [0, 0.05) is 0 Å². The van der Waals surface area contributed by atoms with Crippen molar-refractivity contribution in [2.75, 3.05) is 0 Å². The largest absolute Gasteiger partial charge is 0.393 e. The Morgan fingerprint density at radius 3 is 2.40 bits per heavy atom. The zero-order valence-electron chi connectivity index (χ0n) is 10.9. The molecule has 0 amide bonds. The molecule has 1 rings (SSSR count). The number of aliphatic hydroxyl groups is 1. The molecule has 0 aromatic heterocycles. The Bertz CT molecular complexity index is 238. The number of aliphatic hydroxyl groups excluding tert-OH is 1. The highest BCUT2D eigenvalue weighted by Crippen LogP contribution is 2.47. The van der Waals surface area contributed by atoms with Gasteiger partial charge in [-0.15, -0.1) is 0 Å². The van der Waals surface area contributed by atoms with Crippen LogP contribution in [-0.2, 0) is 0 Å². The fourth-order valence-corrected chi connectivity index (χ4v) is 2.80. The van der Waals surface area contributed by atoms with Gasteiger partial charge in [0.25, 0.3) is 0 Å². The number of rotatable bonds is 4. The van der Waals surface area contributed by atoms with Gasteiger partial charge >= 0.3 is 0 Å². The minimum atomic E-state index is -0.147. The first-order chi connectivity index (χ1) is 6.85. The van der Waals surface area contributed by atoms with Crippen LogP contribution in [0.4, 0.5) is 0 Å². The highest BCUT2D eigenvalue weighted by Gasteiger charge is 2.37. The number of allylic oxidation sites excluding steroid dienone is 2. The summed E-state index contributed by atoms with van der Waals surface area (Å²) in [6.07, 6.45) is 5.55. The van der Waals surface area contributed by atoms with Crippen LogP contribution in [0.1, 0.15) is 53.9 Å². The SMILES string of the molecule is CC1=CCC(C(C)CCC(C)O)C1(C)C. The van der Waals surface area contributed by atoms with Gasteiger partial charge in [-0.1, -0.05) is 32.4 Å². The molecule has 1 aliphatic rings. The summed E-state index contributed by atoms with van der Waals surface area (Å²) in [5, 5.41) is 9.31. The summed E-state index contributed by atoms with van der Waals surface area (Å²) in [6.45, 7) is 11.2. The molecule has 0 radical (unpaired) electrons. The van der Waals surface area contributed by atoms with Crippen LogP contribution in [0.25, 0.3) is 0 Å². The first kappa shape index (κ1) is 12.8. The third-order valence-electron chi connectivity index (χ3n) is 4.35. The lowest BCUT2D eigenvalue weighted by molar-refractivity contribution is 0.146. The Labute approximate surface area is 94.6 Å². The van der Waals surface area contributed by atoms with E-state index in [2.05, 4.69) is 33.8 Å². The second-order valence-corrected chi connectivity index (χ2v) is 5.85. The van der Waals surface area contributed by atoms with E-state index in [0.29, 0.717) is 11.3 Å². The zero-order valence-corrected chi connectivity index (χ0v) is 10.9. The smallest absolute Gasteiger partial charge is 0.0512 e. The predicted molar refractivity (Wildman–Crippen MR) is 65.7 cm³/mol. The third-order valence-corrected chi connectivity index (χ3v) is 4.35. The van der Waals surface area contributed by atoms with E-state index in [4.69, 9.17) is 0 Å². The molecule has 0 heterocycles. The van der Waals surface area contributed by atoms with Crippen molar-refractivity contribution < 1.29 is 5.11 Å². The van der Waals surface area contributed by atoms with Crippen LogP contribution in [0.5, 0.6) is 0 Å². The van der Waals surface area contributed by atoms with Crippen LogP contribution in [0.2, 0.25) is 0 Å². The number of hydrogen-bond donors (Lipinski definition) is 1. The van der Waals surface area contributed by atoms with E-state index in [9.17, 15) is 5.11 Å². The van der Waals surface area contributed by atoms with Crippen molar-refractivity contribution in [2.24, 2.45) is 17.3 Å². The standard InChI is InChI=1S/C14H26O/c1-10(6-8-12(3)15)13-9-7-11(2)14(13,4)5/h7,10,12-13,15H,6,8-9H2,1-5H3. The maximum absolute atomic E-state index is 9.31. The summed E-state index contributed by atoms with van der Waals surface area (Å²) in [5.74, 6) is 1.47. The molecular weight excluding hydrogens is 184 g/mol. The molecule has 0 saturated carbocycles. The quantitative estimate of drug-likeness (QED) is 0.700.